The Hall–Kier alpha value is -4.71. The fourth-order valence-corrected chi connectivity index (χ4v) is 4.77. The number of carbonyl (C=O) groups excluding carboxylic acids is 5. The van der Waals surface area contributed by atoms with Crippen molar-refractivity contribution in [2.45, 2.75) is 77.7 Å². The number of carbonyl (C=O) groups is 5. The van der Waals surface area contributed by atoms with Crippen LogP contribution in [0.3, 0.4) is 0 Å². The second kappa shape index (κ2) is 15.5. The molecule has 3 heterocycles. The molecule has 0 aliphatic carbocycles. The zero-order valence-electron chi connectivity index (χ0n) is 25.2. The Morgan fingerprint density at radius 1 is 0.913 bits per heavy atom. The minimum atomic E-state index is -1.37. The molecule has 18 heteroatoms. The van der Waals surface area contributed by atoms with E-state index >= 15 is 0 Å². The molecule has 0 radical (unpaired) electrons. The Morgan fingerprint density at radius 3 is 2.22 bits per heavy atom. The van der Waals surface area contributed by atoms with Gasteiger partial charge in [-0.3, -0.25) is 24.0 Å². The first-order chi connectivity index (χ1) is 21.9. The number of amides is 1. The van der Waals surface area contributed by atoms with Crippen LogP contribution >= 0.6 is 15.9 Å². The second-order valence-corrected chi connectivity index (χ2v) is 11.0. The zero-order chi connectivity index (χ0) is 33.4. The van der Waals surface area contributed by atoms with Crippen molar-refractivity contribution in [1.82, 2.24) is 30.5 Å². The van der Waals surface area contributed by atoms with Gasteiger partial charge in [0.15, 0.2) is 24.5 Å². The maximum atomic E-state index is 12.6. The zero-order valence-corrected chi connectivity index (χ0v) is 26.8. The van der Waals surface area contributed by atoms with E-state index in [2.05, 4.69) is 41.7 Å². The van der Waals surface area contributed by atoms with E-state index in [1.807, 2.05) is 24.3 Å². The number of benzene rings is 1. The van der Waals surface area contributed by atoms with E-state index in [0.717, 1.165) is 30.8 Å². The minimum absolute atomic E-state index is 0.0297. The van der Waals surface area contributed by atoms with E-state index in [-0.39, 0.29) is 25.3 Å². The fraction of sp³-hybridized carbons (Fsp3) is 0.464. The molecule has 0 unspecified atom stereocenters. The number of hydrogen-bond acceptors (Lipinski definition) is 15. The molecule has 17 nitrogen and oxygen atoms in total. The smallest absolute Gasteiger partial charge is 0.303 e. The molecule has 0 spiro atoms. The maximum absolute atomic E-state index is 12.6. The normalized spacial score (nSPS) is 20.8. The summed E-state index contributed by atoms with van der Waals surface area (Å²) in [5, 5.41) is 14.8. The van der Waals surface area contributed by atoms with Gasteiger partial charge in [0, 0.05) is 50.6 Å². The van der Waals surface area contributed by atoms with E-state index < -0.39 is 61.1 Å². The Labute approximate surface area is 270 Å². The van der Waals surface area contributed by atoms with Gasteiger partial charge in [-0.1, -0.05) is 26.3 Å². The van der Waals surface area contributed by atoms with Crippen molar-refractivity contribution in [2.75, 3.05) is 6.61 Å². The molecule has 1 amide bonds. The van der Waals surface area contributed by atoms with Crippen LogP contribution in [0, 0.1) is 0 Å². The molecule has 1 aromatic carbocycles. The van der Waals surface area contributed by atoms with Gasteiger partial charge in [0.05, 0.1) is 12.7 Å². The molecule has 1 aliphatic heterocycles. The number of nitrogens with one attached hydrogen (secondary N) is 1. The molecular formula is C28H31BrN6O11. The van der Waals surface area contributed by atoms with Gasteiger partial charge in [-0.2, -0.15) is 4.98 Å². The number of rotatable bonds is 12. The molecule has 3 aromatic rings. The molecule has 0 bridgehead atoms. The van der Waals surface area contributed by atoms with Crippen LogP contribution in [0.5, 0.6) is 0 Å². The van der Waals surface area contributed by atoms with Crippen LogP contribution in [0.4, 0.5) is 0 Å². The Kier molecular flexibility index (Phi) is 11.5. The Morgan fingerprint density at radius 2 is 1.57 bits per heavy atom. The maximum Gasteiger partial charge on any atom is 0.303 e. The predicted molar refractivity (Wildman–Crippen MR) is 155 cm³/mol. The molecule has 1 saturated heterocycles. The van der Waals surface area contributed by atoms with Gasteiger partial charge < -0.3 is 33.5 Å². The largest absolute Gasteiger partial charge is 0.463 e. The van der Waals surface area contributed by atoms with E-state index in [1.165, 1.54) is 17.8 Å². The molecule has 0 saturated carbocycles. The summed E-state index contributed by atoms with van der Waals surface area (Å²) in [6.07, 6.45) is -4.79. The third-order valence-electron chi connectivity index (χ3n) is 6.39. The number of aromatic nitrogens is 5. The van der Waals surface area contributed by atoms with Crippen LogP contribution in [0.15, 0.2) is 39.5 Å². The van der Waals surface area contributed by atoms with Crippen LogP contribution < -0.4 is 5.32 Å². The van der Waals surface area contributed by atoms with E-state index in [4.69, 9.17) is 28.2 Å². The van der Waals surface area contributed by atoms with Crippen LogP contribution in [0.25, 0.3) is 11.4 Å². The van der Waals surface area contributed by atoms with E-state index in [1.54, 1.807) is 0 Å². The van der Waals surface area contributed by atoms with E-state index in [9.17, 15) is 24.0 Å². The number of hydrogen-bond donors (Lipinski definition) is 1. The molecule has 1 N–H and O–H groups in total. The average molecular weight is 707 g/mol. The van der Waals surface area contributed by atoms with Crippen molar-refractivity contribution in [3.05, 3.63) is 46.5 Å². The summed E-state index contributed by atoms with van der Waals surface area (Å²) >= 11 is 3.37. The molecule has 2 aromatic heterocycles. The topological polar surface area (TPSA) is 213 Å². The van der Waals surface area contributed by atoms with Crippen LogP contribution in [-0.4, -0.2) is 85.9 Å². The lowest BCUT2D eigenvalue weighted by Gasteiger charge is -2.44. The van der Waals surface area contributed by atoms with Crippen molar-refractivity contribution in [3.8, 4) is 11.4 Å². The average Bonchev–Trinajstić information content (AvgIpc) is 3.66. The number of esters is 4. The SMILES string of the molecule is CC(=O)OC[C@H]1O[C@@H](n2cc(CNC(=O)CCc3nc(-c4ccc(Br)cc4)no3)nn2)[C@H](OC(C)=O)[C@@H](OC(C)=O)[C@@H]1OC(C)=O. The van der Waals surface area contributed by atoms with Crippen molar-refractivity contribution < 1.29 is 52.2 Å². The summed E-state index contributed by atoms with van der Waals surface area (Å²) < 4.78 is 34.8. The van der Waals surface area contributed by atoms with Crippen LogP contribution in [0.1, 0.15) is 51.9 Å². The fourth-order valence-electron chi connectivity index (χ4n) is 4.51. The van der Waals surface area contributed by atoms with Gasteiger partial charge in [0.1, 0.15) is 18.4 Å². The lowest BCUT2D eigenvalue weighted by Crippen LogP contribution is -2.60. The highest BCUT2D eigenvalue weighted by Gasteiger charge is 2.53. The van der Waals surface area contributed by atoms with Crippen LogP contribution in [-0.2, 0) is 60.6 Å². The first-order valence-electron chi connectivity index (χ1n) is 14.0. The second-order valence-electron chi connectivity index (χ2n) is 10.1. The standard InChI is InChI=1S/C28H31BrN6O11/c1-14(36)41-13-21-24(42-15(2)37)25(43-16(3)38)26(44-17(4)39)28(45-21)35-12-20(32-34-35)11-30-22(40)9-10-23-31-27(33-46-23)18-5-7-19(29)8-6-18/h5-8,12,21,24-26,28H,9-11,13H2,1-4H3,(H,30,40)/t21-,24-,25+,26-,28-/m1/s1. The van der Waals surface area contributed by atoms with Gasteiger partial charge in [-0.05, 0) is 24.3 Å². The van der Waals surface area contributed by atoms with Crippen molar-refractivity contribution in [1.29, 1.82) is 0 Å². The van der Waals surface area contributed by atoms with Crippen LogP contribution in [0.2, 0.25) is 0 Å². The molecule has 246 valence electrons. The lowest BCUT2D eigenvalue weighted by molar-refractivity contribution is -0.270. The van der Waals surface area contributed by atoms with E-state index in [0.29, 0.717) is 17.4 Å². The molecular weight excluding hydrogens is 676 g/mol. The lowest BCUT2D eigenvalue weighted by atomic mass is 9.97. The molecule has 5 atom stereocenters. The minimum Gasteiger partial charge on any atom is -0.463 e. The number of ether oxygens (including phenoxy) is 5. The predicted octanol–water partition coefficient (Wildman–Crippen LogP) is 1.60. The van der Waals surface area contributed by atoms with Gasteiger partial charge in [-0.15, -0.1) is 5.10 Å². The quantitative estimate of drug-likeness (QED) is 0.209. The van der Waals surface area contributed by atoms with Gasteiger partial charge >= 0.3 is 23.9 Å². The number of nitrogens with zero attached hydrogens (tertiary/aromatic N) is 5. The summed E-state index contributed by atoms with van der Waals surface area (Å²) in [4.78, 5) is 64.5. The first kappa shape index (κ1) is 34.2. The number of aryl methyl sites for hydroxylation is 1. The highest BCUT2D eigenvalue weighted by Crippen LogP contribution is 2.34. The number of halogens is 1. The van der Waals surface area contributed by atoms with Crippen molar-refractivity contribution in [2.24, 2.45) is 0 Å². The Bertz CT molecular complexity index is 1560. The summed E-state index contributed by atoms with van der Waals surface area (Å²) in [6.45, 7) is 4.13. The summed E-state index contributed by atoms with van der Waals surface area (Å²) in [6, 6.07) is 7.37. The summed E-state index contributed by atoms with van der Waals surface area (Å²) in [5.74, 6) is -2.54. The third-order valence-corrected chi connectivity index (χ3v) is 6.92. The highest BCUT2D eigenvalue weighted by atomic mass is 79.9. The van der Waals surface area contributed by atoms with Gasteiger partial charge in [0.2, 0.25) is 17.6 Å². The third kappa shape index (κ3) is 9.40. The Balaban J connectivity index is 1.44. The van der Waals surface area contributed by atoms with Gasteiger partial charge in [-0.25, -0.2) is 4.68 Å². The van der Waals surface area contributed by atoms with Gasteiger partial charge in [0.25, 0.3) is 0 Å². The van der Waals surface area contributed by atoms with Crippen molar-refractivity contribution >= 4 is 45.7 Å². The monoisotopic (exact) mass is 706 g/mol. The highest BCUT2D eigenvalue weighted by molar-refractivity contribution is 9.10. The summed E-state index contributed by atoms with van der Waals surface area (Å²) in [7, 11) is 0. The molecule has 1 aliphatic rings. The molecule has 4 rings (SSSR count). The summed E-state index contributed by atoms with van der Waals surface area (Å²) in [5.41, 5.74) is 1.07. The molecule has 46 heavy (non-hydrogen) atoms. The molecule has 1 fully saturated rings. The van der Waals surface area contributed by atoms with Crippen molar-refractivity contribution in [3.63, 3.8) is 0 Å². The first-order valence-corrected chi connectivity index (χ1v) is 14.7.